The molecule has 1 N–H and O–H groups in total. The van der Waals surface area contributed by atoms with E-state index in [-0.39, 0.29) is 13.0 Å². The minimum Gasteiger partial charge on any atom is -0.468 e. The van der Waals surface area contributed by atoms with Crippen LogP contribution < -0.4 is 5.32 Å². The first-order chi connectivity index (χ1) is 11.8. The lowest BCUT2D eigenvalue weighted by Crippen LogP contribution is -2.57. The van der Waals surface area contributed by atoms with E-state index >= 15 is 0 Å². The molecule has 0 bridgehead atoms. The van der Waals surface area contributed by atoms with Crippen LogP contribution in [-0.2, 0) is 33.4 Å². The summed E-state index contributed by atoms with van der Waals surface area (Å²) < 4.78 is 52.1. The molecular weight excluding hydrogens is 363 g/mol. The molecule has 0 aromatic rings. The van der Waals surface area contributed by atoms with E-state index < -0.39 is 53.5 Å². The number of rotatable bonds is 4. The summed E-state index contributed by atoms with van der Waals surface area (Å²) in [5.41, 5.74) is -1.08. The third-order valence-electron chi connectivity index (χ3n) is 3.47. The van der Waals surface area contributed by atoms with Gasteiger partial charge in [0, 0.05) is 5.92 Å². The molecule has 0 aliphatic carbocycles. The molecule has 0 saturated carbocycles. The molecule has 1 rings (SSSR count). The lowest BCUT2D eigenvalue weighted by molar-refractivity contribution is -0.182. The maximum absolute atomic E-state index is 12.6. The summed E-state index contributed by atoms with van der Waals surface area (Å²) in [6, 6.07) is -1.89. The van der Waals surface area contributed by atoms with Gasteiger partial charge in [0.05, 0.1) is 13.7 Å². The SMILES string of the molecule is COC(=O)[C@H]1C(=O)OCC[C@H]1[C@H](NC(=O)C(F)(F)F)C(=O)OC(C)(C)C. The lowest BCUT2D eigenvalue weighted by atomic mass is 9.81. The van der Waals surface area contributed by atoms with E-state index in [2.05, 4.69) is 4.74 Å². The van der Waals surface area contributed by atoms with Crippen molar-refractivity contribution in [1.29, 1.82) is 0 Å². The quantitative estimate of drug-likeness (QED) is 0.433. The highest BCUT2D eigenvalue weighted by molar-refractivity contribution is 5.97. The molecular formula is C15H20F3NO7. The molecule has 0 spiro atoms. The molecule has 8 nitrogen and oxygen atoms in total. The van der Waals surface area contributed by atoms with Gasteiger partial charge in [-0.05, 0) is 27.2 Å². The first-order valence-corrected chi connectivity index (χ1v) is 7.63. The number of methoxy groups -OCH3 is 1. The summed E-state index contributed by atoms with van der Waals surface area (Å²) >= 11 is 0. The Hall–Kier alpha value is -2.33. The zero-order chi connectivity index (χ0) is 20.3. The van der Waals surface area contributed by atoms with Gasteiger partial charge < -0.3 is 19.5 Å². The van der Waals surface area contributed by atoms with Crippen molar-refractivity contribution in [3.63, 3.8) is 0 Å². The lowest BCUT2D eigenvalue weighted by Gasteiger charge is -2.34. The van der Waals surface area contributed by atoms with E-state index in [0.29, 0.717) is 0 Å². The molecule has 0 radical (unpaired) electrons. The normalized spacial score (nSPS) is 22.0. The molecule has 11 heteroatoms. The van der Waals surface area contributed by atoms with E-state index in [4.69, 9.17) is 9.47 Å². The number of amides is 1. The van der Waals surface area contributed by atoms with Gasteiger partial charge in [-0.25, -0.2) is 4.79 Å². The fourth-order valence-electron chi connectivity index (χ4n) is 2.41. The van der Waals surface area contributed by atoms with Gasteiger partial charge in [0.25, 0.3) is 0 Å². The summed E-state index contributed by atoms with van der Waals surface area (Å²) in [7, 11) is 0.970. The van der Waals surface area contributed by atoms with Gasteiger partial charge >= 0.3 is 30.0 Å². The summed E-state index contributed by atoms with van der Waals surface area (Å²) in [5.74, 6) is -8.72. The van der Waals surface area contributed by atoms with Crippen LogP contribution in [0.5, 0.6) is 0 Å². The minimum absolute atomic E-state index is 0.145. The van der Waals surface area contributed by atoms with Crippen LogP contribution in [0.15, 0.2) is 0 Å². The maximum Gasteiger partial charge on any atom is 0.471 e. The van der Waals surface area contributed by atoms with Gasteiger partial charge in [0.2, 0.25) is 0 Å². The Kier molecular flexibility index (Phi) is 6.61. The number of carbonyl (C=O) groups excluding carboxylic acids is 4. The van der Waals surface area contributed by atoms with Gasteiger partial charge in [-0.3, -0.25) is 14.4 Å². The van der Waals surface area contributed by atoms with E-state index in [9.17, 15) is 32.3 Å². The minimum atomic E-state index is -5.27. The summed E-state index contributed by atoms with van der Waals surface area (Å²) in [5, 5.41) is 1.52. The Morgan fingerprint density at radius 3 is 2.27 bits per heavy atom. The second-order valence-electron chi connectivity index (χ2n) is 6.60. The van der Waals surface area contributed by atoms with Gasteiger partial charge in [-0.1, -0.05) is 0 Å². The fourth-order valence-corrected chi connectivity index (χ4v) is 2.41. The van der Waals surface area contributed by atoms with Crippen molar-refractivity contribution in [2.75, 3.05) is 13.7 Å². The van der Waals surface area contributed by atoms with Crippen molar-refractivity contribution in [2.45, 2.75) is 45.0 Å². The van der Waals surface area contributed by atoms with E-state index in [1.54, 1.807) is 0 Å². The molecule has 1 saturated heterocycles. The third-order valence-corrected chi connectivity index (χ3v) is 3.47. The first kappa shape index (κ1) is 21.7. The highest BCUT2D eigenvalue weighted by atomic mass is 19.4. The van der Waals surface area contributed by atoms with Crippen molar-refractivity contribution in [3.8, 4) is 0 Å². The molecule has 1 aliphatic heterocycles. The second kappa shape index (κ2) is 7.92. The van der Waals surface area contributed by atoms with Gasteiger partial charge in [-0.2, -0.15) is 13.2 Å². The van der Waals surface area contributed by atoms with E-state index in [1.807, 2.05) is 0 Å². The van der Waals surface area contributed by atoms with E-state index in [1.165, 1.54) is 26.1 Å². The summed E-state index contributed by atoms with van der Waals surface area (Å²) in [6.07, 6.45) is -5.41. The molecule has 1 amide bonds. The van der Waals surface area contributed by atoms with E-state index in [0.717, 1.165) is 7.11 Å². The molecule has 0 unspecified atom stereocenters. The first-order valence-electron chi connectivity index (χ1n) is 7.63. The van der Waals surface area contributed by atoms with Crippen molar-refractivity contribution in [1.82, 2.24) is 5.32 Å². The molecule has 3 atom stereocenters. The van der Waals surface area contributed by atoms with Crippen LogP contribution in [0.25, 0.3) is 0 Å². The van der Waals surface area contributed by atoms with Crippen LogP contribution in [0.2, 0.25) is 0 Å². The number of hydrogen-bond acceptors (Lipinski definition) is 7. The molecule has 1 fully saturated rings. The Bertz CT molecular complexity index is 575. The van der Waals surface area contributed by atoms with Crippen molar-refractivity contribution in [2.24, 2.45) is 11.8 Å². The molecule has 0 aromatic carbocycles. The second-order valence-corrected chi connectivity index (χ2v) is 6.60. The number of nitrogens with one attached hydrogen (secondary N) is 1. The number of carbonyl (C=O) groups is 4. The maximum atomic E-state index is 12.6. The van der Waals surface area contributed by atoms with Crippen molar-refractivity contribution >= 4 is 23.8 Å². The number of esters is 3. The Labute approximate surface area is 147 Å². The van der Waals surface area contributed by atoms with Crippen LogP contribution in [0.3, 0.4) is 0 Å². The van der Waals surface area contributed by atoms with Crippen LogP contribution in [0.1, 0.15) is 27.2 Å². The highest BCUT2D eigenvalue weighted by Crippen LogP contribution is 2.30. The van der Waals surface area contributed by atoms with Crippen LogP contribution in [-0.4, -0.2) is 55.4 Å². The molecule has 1 heterocycles. The van der Waals surface area contributed by atoms with Crippen LogP contribution in [0, 0.1) is 11.8 Å². The molecule has 148 valence electrons. The predicted octanol–water partition coefficient (Wildman–Crippen LogP) is 0.727. The van der Waals surface area contributed by atoms with Crippen LogP contribution in [0.4, 0.5) is 13.2 Å². The smallest absolute Gasteiger partial charge is 0.468 e. The number of hydrogen-bond donors (Lipinski definition) is 1. The average molecular weight is 383 g/mol. The number of alkyl halides is 3. The number of ether oxygens (including phenoxy) is 3. The largest absolute Gasteiger partial charge is 0.471 e. The van der Waals surface area contributed by atoms with Gasteiger partial charge in [0.1, 0.15) is 11.6 Å². The van der Waals surface area contributed by atoms with Gasteiger partial charge in [-0.15, -0.1) is 0 Å². The summed E-state index contributed by atoms with van der Waals surface area (Å²) in [6.45, 7) is 4.18. The predicted molar refractivity (Wildman–Crippen MR) is 78.4 cm³/mol. The monoisotopic (exact) mass is 383 g/mol. The Morgan fingerprint density at radius 1 is 1.23 bits per heavy atom. The Morgan fingerprint density at radius 2 is 1.81 bits per heavy atom. The zero-order valence-electron chi connectivity index (χ0n) is 14.6. The summed E-state index contributed by atoms with van der Waals surface area (Å²) in [4.78, 5) is 47.5. The van der Waals surface area contributed by atoms with Gasteiger partial charge in [0.15, 0.2) is 5.92 Å². The third kappa shape index (κ3) is 5.60. The van der Waals surface area contributed by atoms with Crippen molar-refractivity contribution < 1.29 is 46.6 Å². The van der Waals surface area contributed by atoms with Crippen molar-refractivity contribution in [3.05, 3.63) is 0 Å². The molecule has 0 aromatic heterocycles. The van der Waals surface area contributed by atoms with Crippen LogP contribution >= 0.6 is 0 Å². The average Bonchev–Trinajstić information content (AvgIpc) is 2.48. The molecule has 1 aliphatic rings. The fraction of sp³-hybridized carbons (Fsp3) is 0.733. The Balaban J connectivity index is 3.23. The topological polar surface area (TPSA) is 108 Å². The zero-order valence-corrected chi connectivity index (χ0v) is 14.6. The standard InChI is InChI=1S/C15H20F3NO7/c1-14(2,3)26-12(22)9(19-13(23)15(16,17)18)7-5-6-25-11(21)8(7)10(20)24-4/h7-9H,5-6H2,1-4H3,(H,19,23)/t7-,8+,9+/m1/s1. The number of cyclic esters (lactones) is 1. The molecule has 26 heavy (non-hydrogen) atoms. The number of halogens is 3. The highest BCUT2D eigenvalue weighted by Gasteiger charge is 2.50.